The van der Waals surface area contributed by atoms with Crippen LogP contribution in [-0.2, 0) is 0 Å². The van der Waals surface area contributed by atoms with Crippen LogP contribution in [0, 0.1) is 5.92 Å². The molecule has 0 heterocycles. The second kappa shape index (κ2) is 4.01. The molecule has 0 aliphatic heterocycles. The van der Waals surface area contributed by atoms with Gasteiger partial charge in [0, 0.05) is 11.6 Å². The van der Waals surface area contributed by atoms with Crippen molar-refractivity contribution in [3.05, 3.63) is 29.8 Å². The van der Waals surface area contributed by atoms with Gasteiger partial charge >= 0.3 is 0 Å². The van der Waals surface area contributed by atoms with Gasteiger partial charge < -0.3 is 10.5 Å². The largest absolute Gasteiger partial charge is 0.496 e. The third-order valence-corrected chi connectivity index (χ3v) is 2.82. The molecule has 2 heteroatoms. The van der Waals surface area contributed by atoms with Crippen LogP contribution in [0.2, 0.25) is 0 Å². The summed E-state index contributed by atoms with van der Waals surface area (Å²) in [6, 6.07) is 8.17. The highest BCUT2D eigenvalue weighted by Crippen LogP contribution is 2.38. The lowest BCUT2D eigenvalue weighted by Gasteiger charge is -2.14. The predicted octanol–water partition coefficient (Wildman–Crippen LogP) is 2.50. The number of hydrogen-bond acceptors (Lipinski definition) is 2. The molecule has 0 radical (unpaired) electrons. The zero-order valence-corrected chi connectivity index (χ0v) is 8.57. The molecular weight excluding hydrogens is 174 g/mol. The monoisotopic (exact) mass is 191 g/mol. The van der Waals surface area contributed by atoms with Crippen molar-refractivity contribution >= 4 is 0 Å². The molecule has 0 unspecified atom stereocenters. The lowest BCUT2D eigenvalue weighted by atomic mass is 10.0. The van der Waals surface area contributed by atoms with Crippen molar-refractivity contribution in [2.75, 3.05) is 7.11 Å². The molecule has 0 aromatic heterocycles. The number of nitrogens with two attached hydrogens (primary N) is 1. The van der Waals surface area contributed by atoms with Crippen molar-refractivity contribution in [1.82, 2.24) is 0 Å². The molecule has 0 saturated heterocycles. The van der Waals surface area contributed by atoms with Gasteiger partial charge in [-0.25, -0.2) is 0 Å². The quantitative estimate of drug-likeness (QED) is 0.793. The number of rotatable bonds is 4. The van der Waals surface area contributed by atoms with E-state index < -0.39 is 0 Å². The Balaban J connectivity index is 2.11. The normalized spacial score (nSPS) is 17.9. The Hall–Kier alpha value is -1.02. The molecule has 0 amide bonds. The summed E-state index contributed by atoms with van der Waals surface area (Å²) in [6.45, 7) is 0. The SMILES string of the molecule is COc1ccccc1[C@H](N)CC1CC1. The summed E-state index contributed by atoms with van der Waals surface area (Å²) in [4.78, 5) is 0. The third-order valence-electron chi connectivity index (χ3n) is 2.82. The molecule has 1 saturated carbocycles. The zero-order chi connectivity index (χ0) is 9.97. The van der Waals surface area contributed by atoms with E-state index >= 15 is 0 Å². The van der Waals surface area contributed by atoms with E-state index in [4.69, 9.17) is 10.5 Å². The topological polar surface area (TPSA) is 35.2 Å². The molecule has 0 spiro atoms. The van der Waals surface area contributed by atoms with Crippen molar-refractivity contribution in [3.63, 3.8) is 0 Å². The molecule has 14 heavy (non-hydrogen) atoms. The van der Waals surface area contributed by atoms with Crippen LogP contribution in [0.5, 0.6) is 5.75 Å². The Kier molecular flexibility index (Phi) is 2.73. The van der Waals surface area contributed by atoms with Crippen molar-refractivity contribution in [2.45, 2.75) is 25.3 Å². The van der Waals surface area contributed by atoms with E-state index in [0.717, 1.165) is 23.7 Å². The summed E-state index contributed by atoms with van der Waals surface area (Å²) in [7, 11) is 1.70. The standard InChI is InChI=1S/C12H17NO/c1-14-12-5-3-2-4-10(12)11(13)8-9-6-7-9/h2-5,9,11H,6-8,13H2,1H3/t11-/m1/s1. The summed E-state index contributed by atoms with van der Waals surface area (Å²) in [5.41, 5.74) is 7.27. The fraction of sp³-hybridized carbons (Fsp3) is 0.500. The third kappa shape index (κ3) is 2.07. The second-order valence-corrected chi connectivity index (χ2v) is 4.03. The average molecular weight is 191 g/mol. The van der Waals surface area contributed by atoms with Gasteiger partial charge in [-0.3, -0.25) is 0 Å². The van der Waals surface area contributed by atoms with Gasteiger partial charge in [0.15, 0.2) is 0 Å². The van der Waals surface area contributed by atoms with Gasteiger partial charge in [0.05, 0.1) is 7.11 Å². The molecule has 2 rings (SSSR count). The first-order chi connectivity index (χ1) is 6.81. The first-order valence-corrected chi connectivity index (χ1v) is 5.19. The number of ether oxygens (including phenoxy) is 1. The molecule has 1 aliphatic carbocycles. The maximum Gasteiger partial charge on any atom is 0.123 e. The molecule has 1 aromatic carbocycles. The van der Waals surface area contributed by atoms with E-state index in [1.54, 1.807) is 7.11 Å². The Morgan fingerprint density at radius 2 is 2.14 bits per heavy atom. The van der Waals surface area contributed by atoms with Crippen LogP contribution >= 0.6 is 0 Å². The van der Waals surface area contributed by atoms with Crippen LogP contribution in [0.4, 0.5) is 0 Å². The van der Waals surface area contributed by atoms with Crippen molar-refractivity contribution in [1.29, 1.82) is 0 Å². The van der Waals surface area contributed by atoms with Crippen LogP contribution in [0.1, 0.15) is 30.9 Å². The minimum Gasteiger partial charge on any atom is -0.496 e. The van der Waals surface area contributed by atoms with Crippen molar-refractivity contribution in [3.8, 4) is 5.75 Å². The van der Waals surface area contributed by atoms with Gasteiger partial charge in [0.2, 0.25) is 0 Å². The van der Waals surface area contributed by atoms with E-state index in [9.17, 15) is 0 Å². The zero-order valence-electron chi connectivity index (χ0n) is 8.57. The summed E-state index contributed by atoms with van der Waals surface area (Å²) in [6.07, 6.45) is 3.80. The summed E-state index contributed by atoms with van der Waals surface area (Å²) < 4.78 is 5.29. The minimum absolute atomic E-state index is 0.138. The van der Waals surface area contributed by atoms with Gasteiger partial charge in [-0.1, -0.05) is 31.0 Å². The van der Waals surface area contributed by atoms with Crippen LogP contribution in [0.25, 0.3) is 0 Å². The van der Waals surface area contributed by atoms with Crippen LogP contribution in [0.3, 0.4) is 0 Å². The molecule has 1 aromatic rings. The van der Waals surface area contributed by atoms with Crippen LogP contribution < -0.4 is 10.5 Å². The van der Waals surface area contributed by atoms with Gasteiger partial charge in [0.1, 0.15) is 5.75 Å². The average Bonchev–Trinajstić information content (AvgIpc) is 3.01. The highest BCUT2D eigenvalue weighted by Gasteiger charge is 2.25. The number of hydrogen-bond donors (Lipinski definition) is 1. The molecule has 1 fully saturated rings. The Bertz CT molecular complexity index is 307. The predicted molar refractivity (Wildman–Crippen MR) is 57.3 cm³/mol. The Labute approximate surface area is 85.1 Å². The Morgan fingerprint density at radius 1 is 1.43 bits per heavy atom. The molecule has 0 bridgehead atoms. The highest BCUT2D eigenvalue weighted by molar-refractivity contribution is 5.35. The van der Waals surface area contributed by atoms with Gasteiger partial charge in [0.25, 0.3) is 0 Å². The molecule has 2 nitrogen and oxygen atoms in total. The smallest absolute Gasteiger partial charge is 0.123 e. The van der Waals surface area contributed by atoms with E-state index in [-0.39, 0.29) is 6.04 Å². The maximum absolute atomic E-state index is 6.13. The first kappa shape index (κ1) is 9.53. The first-order valence-electron chi connectivity index (χ1n) is 5.19. The molecule has 1 atom stereocenters. The van der Waals surface area contributed by atoms with Crippen molar-refractivity contribution in [2.24, 2.45) is 11.7 Å². The fourth-order valence-electron chi connectivity index (χ4n) is 1.81. The lowest BCUT2D eigenvalue weighted by molar-refractivity contribution is 0.403. The number of benzene rings is 1. The van der Waals surface area contributed by atoms with Crippen LogP contribution in [0.15, 0.2) is 24.3 Å². The molecule has 1 aliphatic rings. The van der Waals surface area contributed by atoms with Gasteiger partial charge in [-0.15, -0.1) is 0 Å². The minimum atomic E-state index is 0.138. The Morgan fingerprint density at radius 3 is 2.79 bits per heavy atom. The summed E-state index contributed by atoms with van der Waals surface area (Å²) >= 11 is 0. The number of para-hydroxylation sites is 1. The van der Waals surface area contributed by atoms with E-state index in [2.05, 4.69) is 6.07 Å². The summed E-state index contributed by atoms with van der Waals surface area (Å²) in [5.74, 6) is 1.77. The van der Waals surface area contributed by atoms with Crippen LogP contribution in [-0.4, -0.2) is 7.11 Å². The molecule has 2 N–H and O–H groups in total. The number of methoxy groups -OCH3 is 1. The second-order valence-electron chi connectivity index (χ2n) is 4.03. The lowest BCUT2D eigenvalue weighted by Crippen LogP contribution is -2.12. The molecular formula is C12H17NO. The van der Waals surface area contributed by atoms with E-state index in [1.165, 1.54) is 12.8 Å². The van der Waals surface area contributed by atoms with Crippen molar-refractivity contribution < 1.29 is 4.74 Å². The van der Waals surface area contributed by atoms with E-state index in [0.29, 0.717) is 0 Å². The van der Waals surface area contributed by atoms with Gasteiger partial charge in [-0.2, -0.15) is 0 Å². The highest BCUT2D eigenvalue weighted by atomic mass is 16.5. The van der Waals surface area contributed by atoms with E-state index in [1.807, 2.05) is 18.2 Å². The summed E-state index contributed by atoms with van der Waals surface area (Å²) in [5, 5.41) is 0. The maximum atomic E-state index is 6.13. The molecule has 76 valence electrons. The fourth-order valence-corrected chi connectivity index (χ4v) is 1.81. The van der Waals surface area contributed by atoms with Gasteiger partial charge in [-0.05, 0) is 18.4 Å².